The maximum atomic E-state index is 5.99. The molecular formula is C19H24N6. The molecule has 2 aromatic heterocycles. The molecule has 1 aliphatic carbocycles. The first kappa shape index (κ1) is 16.0. The molecule has 2 atom stereocenters. The van der Waals surface area contributed by atoms with Crippen LogP contribution in [0.5, 0.6) is 0 Å². The van der Waals surface area contributed by atoms with Crippen LogP contribution in [0.15, 0.2) is 30.5 Å². The molecule has 2 heterocycles. The van der Waals surface area contributed by atoms with Crippen LogP contribution in [-0.4, -0.2) is 32.2 Å². The van der Waals surface area contributed by atoms with Crippen LogP contribution in [0.1, 0.15) is 44.7 Å². The number of aromatic amines is 1. The average molecular weight is 336 g/mol. The van der Waals surface area contributed by atoms with Crippen molar-refractivity contribution in [3.63, 3.8) is 0 Å². The highest BCUT2D eigenvalue weighted by Crippen LogP contribution is 2.28. The zero-order chi connectivity index (χ0) is 17.4. The molecule has 1 saturated carbocycles. The van der Waals surface area contributed by atoms with E-state index in [0.29, 0.717) is 23.9 Å². The van der Waals surface area contributed by atoms with Gasteiger partial charge in [-0.15, -0.1) is 0 Å². The first-order chi connectivity index (χ1) is 12.1. The maximum absolute atomic E-state index is 5.99. The van der Waals surface area contributed by atoms with Gasteiger partial charge in [0.2, 0.25) is 5.95 Å². The van der Waals surface area contributed by atoms with E-state index in [4.69, 9.17) is 10.7 Å². The third-order valence-electron chi connectivity index (χ3n) is 4.92. The summed E-state index contributed by atoms with van der Waals surface area (Å²) in [6.07, 6.45) is 4.93. The smallest absolute Gasteiger partial charge is 0.223 e. The molecule has 0 spiro atoms. The van der Waals surface area contributed by atoms with E-state index < -0.39 is 0 Å². The first-order valence-corrected chi connectivity index (χ1v) is 8.93. The predicted octanol–water partition coefficient (Wildman–Crippen LogP) is 3.44. The number of benzene rings is 1. The summed E-state index contributed by atoms with van der Waals surface area (Å²) in [5.41, 5.74) is 10.1. The number of nitrogens with one attached hydrogen (secondary N) is 2. The van der Waals surface area contributed by atoms with Crippen molar-refractivity contribution < 1.29 is 0 Å². The zero-order valence-electron chi connectivity index (χ0n) is 14.7. The molecule has 0 bridgehead atoms. The van der Waals surface area contributed by atoms with Crippen molar-refractivity contribution in [3.8, 4) is 11.3 Å². The van der Waals surface area contributed by atoms with E-state index in [-0.39, 0.29) is 0 Å². The minimum atomic E-state index is 0.290. The van der Waals surface area contributed by atoms with E-state index in [1.54, 1.807) is 0 Å². The Morgan fingerprint density at radius 3 is 2.88 bits per heavy atom. The summed E-state index contributed by atoms with van der Waals surface area (Å²) in [7, 11) is 0. The number of nitrogens with two attached hydrogens (primary N) is 1. The quantitative estimate of drug-likeness (QED) is 0.679. The Hall–Kier alpha value is -2.47. The van der Waals surface area contributed by atoms with Crippen LogP contribution in [0.4, 0.5) is 5.95 Å². The van der Waals surface area contributed by atoms with Crippen LogP contribution in [0, 0.1) is 0 Å². The van der Waals surface area contributed by atoms with Crippen molar-refractivity contribution in [2.24, 2.45) is 5.73 Å². The molecule has 0 aliphatic heterocycles. The predicted molar refractivity (Wildman–Crippen MR) is 100 cm³/mol. The summed E-state index contributed by atoms with van der Waals surface area (Å²) in [6.45, 7) is 4.33. The van der Waals surface area contributed by atoms with E-state index in [1.807, 2.05) is 18.3 Å². The number of fused-ring (bicyclic) bond motifs is 1. The van der Waals surface area contributed by atoms with Gasteiger partial charge in [-0.3, -0.25) is 5.10 Å². The van der Waals surface area contributed by atoms with Gasteiger partial charge in [0.05, 0.1) is 11.2 Å². The summed E-state index contributed by atoms with van der Waals surface area (Å²) in [4.78, 5) is 9.07. The van der Waals surface area contributed by atoms with Gasteiger partial charge in [-0.2, -0.15) is 5.10 Å². The fourth-order valence-corrected chi connectivity index (χ4v) is 3.55. The zero-order valence-corrected chi connectivity index (χ0v) is 14.7. The second-order valence-corrected chi connectivity index (χ2v) is 7.20. The maximum Gasteiger partial charge on any atom is 0.223 e. The molecule has 1 unspecified atom stereocenters. The molecule has 0 saturated heterocycles. The van der Waals surface area contributed by atoms with E-state index in [0.717, 1.165) is 47.1 Å². The average Bonchev–Trinajstić information content (AvgIpc) is 3.20. The van der Waals surface area contributed by atoms with Crippen molar-refractivity contribution in [2.75, 3.05) is 5.32 Å². The standard InChI is InChI=1S/C19H24N6/c1-11(2)18-15-9-12(3-6-17(15)24-25-18)16-7-8-21-19(23-16)22-14-5-4-13(20)10-14/h3,6-9,11,13-14H,4-5,10,20H2,1-2H3,(H,24,25)(H,21,22,23)/t13?,14-/m0/s1. The van der Waals surface area contributed by atoms with E-state index >= 15 is 0 Å². The molecule has 25 heavy (non-hydrogen) atoms. The summed E-state index contributed by atoms with van der Waals surface area (Å²) in [5, 5.41) is 12.1. The highest BCUT2D eigenvalue weighted by molar-refractivity contribution is 5.86. The Labute approximate surface area is 147 Å². The van der Waals surface area contributed by atoms with E-state index in [9.17, 15) is 0 Å². The van der Waals surface area contributed by atoms with Crippen LogP contribution in [0.25, 0.3) is 22.2 Å². The third-order valence-corrected chi connectivity index (χ3v) is 4.92. The van der Waals surface area contributed by atoms with Gasteiger partial charge in [0.15, 0.2) is 0 Å². The molecule has 130 valence electrons. The first-order valence-electron chi connectivity index (χ1n) is 8.93. The molecule has 4 rings (SSSR count). The van der Waals surface area contributed by atoms with Gasteiger partial charge in [0.25, 0.3) is 0 Å². The minimum Gasteiger partial charge on any atom is -0.351 e. The fourth-order valence-electron chi connectivity index (χ4n) is 3.55. The third kappa shape index (κ3) is 3.22. The number of H-pyrrole nitrogens is 1. The van der Waals surface area contributed by atoms with Crippen molar-refractivity contribution in [1.29, 1.82) is 0 Å². The number of anilines is 1. The largest absolute Gasteiger partial charge is 0.351 e. The van der Waals surface area contributed by atoms with Gasteiger partial charge < -0.3 is 11.1 Å². The van der Waals surface area contributed by atoms with Crippen LogP contribution < -0.4 is 11.1 Å². The van der Waals surface area contributed by atoms with Gasteiger partial charge in [0.1, 0.15) is 0 Å². The minimum absolute atomic E-state index is 0.290. The Balaban J connectivity index is 1.64. The Morgan fingerprint density at radius 1 is 1.24 bits per heavy atom. The molecule has 1 aliphatic rings. The Morgan fingerprint density at radius 2 is 2.12 bits per heavy atom. The van der Waals surface area contributed by atoms with Crippen molar-refractivity contribution in [2.45, 2.75) is 51.1 Å². The molecule has 0 radical (unpaired) electrons. The summed E-state index contributed by atoms with van der Waals surface area (Å²) < 4.78 is 0. The molecule has 4 N–H and O–H groups in total. The molecule has 6 nitrogen and oxygen atoms in total. The summed E-state index contributed by atoms with van der Waals surface area (Å²) in [6, 6.07) is 8.87. The summed E-state index contributed by atoms with van der Waals surface area (Å²) in [5.74, 6) is 1.07. The van der Waals surface area contributed by atoms with Crippen LogP contribution in [0.2, 0.25) is 0 Å². The molecule has 3 aromatic rings. The van der Waals surface area contributed by atoms with Gasteiger partial charge in [-0.25, -0.2) is 9.97 Å². The number of hydrogen-bond acceptors (Lipinski definition) is 5. The van der Waals surface area contributed by atoms with Crippen LogP contribution in [-0.2, 0) is 0 Å². The lowest BCUT2D eigenvalue weighted by molar-refractivity contribution is 0.685. The normalized spacial score (nSPS) is 20.5. The highest BCUT2D eigenvalue weighted by Gasteiger charge is 2.22. The van der Waals surface area contributed by atoms with Gasteiger partial charge in [0, 0.05) is 34.9 Å². The molecular weight excluding hydrogens is 312 g/mol. The molecule has 1 aromatic carbocycles. The number of aromatic nitrogens is 4. The van der Waals surface area contributed by atoms with Gasteiger partial charge in [-0.05, 0) is 43.4 Å². The second kappa shape index (κ2) is 6.44. The Kier molecular flexibility index (Phi) is 4.13. The summed E-state index contributed by atoms with van der Waals surface area (Å²) >= 11 is 0. The fraction of sp³-hybridized carbons (Fsp3) is 0.421. The number of rotatable bonds is 4. The van der Waals surface area contributed by atoms with E-state index in [1.165, 1.54) is 0 Å². The van der Waals surface area contributed by atoms with Crippen molar-refractivity contribution in [3.05, 3.63) is 36.2 Å². The SMILES string of the molecule is CC(C)c1[nH]nc2ccc(-c3ccnc(N[C@H]4CCC(N)C4)n3)cc12. The van der Waals surface area contributed by atoms with Crippen LogP contribution in [0.3, 0.4) is 0 Å². The van der Waals surface area contributed by atoms with Crippen molar-refractivity contribution >= 4 is 16.9 Å². The molecule has 0 amide bonds. The van der Waals surface area contributed by atoms with E-state index in [2.05, 4.69) is 46.5 Å². The monoisotopic (exact) mass is 336 g/mol. The Bertz CT molecular complexity index is 885. The second-order valence-electron chi connectivity index (χ2n) is 7.20. The lowest BCUT2D eigenvalue weighted by Crippen LogP contribution is -2.21. The highest BCUT2D eigenvalue weighted by atomic mass is 15.1. The number of hydrogen-bond donors (Lipinski definition) is 3. The van der Waals surface area contributed by atoms with Gasteiger partial charge >= 0.3 is 0 Å². The van der Waals surface area contributed by atoms with Crippen LogP contribution >= 0.6 is 0 Å². The lowest BCUT2D eigenvalue weighted by Gasteiger charge is -2.13. The topological polar surface area (TPSA) is 92.5 Å². The number of nitrogens with zero attached hydrogens (tertiary/aromatic N) is 3. The van der Waals surface area contributed by atoms with Crippen molar-refractivity contribution in [1.82, 2.24) is 20.2 Å². The molecule has 1 fully saturated rings. The lowest BCUT2D eigenvalue weighted by atomic mass is 10.0. The molecule has 6 heteroatoms. The van der Waals surface area contributed by atoms with Gasteiger partial charge in [-0.1, -0.05) is 19.9 Å².